The molecule has 1 aliphatic rings. The van der Waals surface area contributed by atoms with Crippen LogP contribution in [-0.4, -0.2) is 13.0 Å². The predicted octanol–water partition coefficient (Wildman–Crippen LogP) is 3.77. The van der Waals surface area contributed by atoms with Gasteiger partial charge in [0.05, 0.1) is 0 Å². The van der Waals surface area contributed by atoms with Crippen molar-refractivity contribution < 1.29 is 4.74 Å². The number of ether oxygens (including phenoxy) is 1. The molecule has 14 heavy (non-hydrogen) atoms. The monoisotopic (exact) mass is 212 g/mol. The lowest BCUT2D eigenvalue weighted by molar-refractivity contribution is 0.128. The van der Waals surface area contributed by atoms with Crippen LogP contribution in [0.1, 0.15) is 27.2 Å². The second-order valence-electron chi connectivity index (χ2n) is 4.38. The van der Waals surface area contributed by atoms with Gasteiger partial charge >= 0.3 is 0 Å². The molecule has 1 aliphatic carbocycles. The third kappa shape index (κ3) is 2.39. The first kappa shape index (κ1) is 11.8. The highest BCUT2D eigenvalue weighted by atomic mass is 31.1. The van der Waals surface area contributed by atoms with Gasteiger partial charge in [-0.25, -0.2) is 0 Å². The molecule has 1 rings (SSSR count). The predicted molar refractivity (Wildman–Crippen MR) is 65.0 cm³/mol. The van der Waals surface area contributed by atoms with E-state index in [-0.39, 0.29) is 5.41 Å². The molecule has 0 N–H and O–H groups in total. The van der Waals surface area contributed by atoms with Crippen molar-refractivity contribution >= 4 is 8.58 Å². The highest BCUT2D eigenvalue weighted by Gasteiger charge is 2.34. The number of rotatable bonds is 4. The third-order valence-electron chi connectivity index (χ3n) is 3.13. The Morgan fingerprint density at radius 2 is 2.29 bits per heavy atom. The zero-order chi connectivity index (χ0) is 10.6. The van der Waals surface area contributed by atoms with Gasteiger partial charge in [-0.1, -0.05) is 41.5 Å². The molecule has 0 radical (unpaired) electrons. The molecular formula is C12H21OP. The van der Waals surface area contributed by atoms with E-state index in [2.05, 4.69) is 45.7 Å². The average Bonchev–Trinajstić information content (AvgIpc) is 2.16. The fourth-order valence-electron chi connectivity index (χ4n) is 1.64. The Bertz CT molecular complexity index is 243. The van der Waals surface area contributed by atoms with Crippen LogP contribution >= 0.6 is 8.58 Å². The maximum Gasteiger partial charge on any atom is 0.103 e. The maximum absolute atomic E-state index is 5.83. The van der Waals surface area contributed by atoms with Crippen molar-refractivity contribution in [3.05, 3.63) is 24.0 Å². The summed E-state index contributed by atoms with van der Waals surface area (Å²) in [6.07, 6.45) is 8.44. The quantitative estimate of drug-likeness (QED) is 0.644. The van der Waals surface area contributed by atoms with E-state index in [1.165, 1.54) is 5.76 Å². The molecule has 0 amide bonds. The summed E-state index contributed by atoms with van der Waals surface area (Å²) in [7, 11) is 0.865. The molecule has 0 spiro atoms. The molecule has 0 saturated carbocycles. The Labute approximate surface area is 89.4 Å². The van der Waals surface area contributed by atoms with Gasteiger partial charge in [-0.05, 0) is 25.1 Å². The van der Waals surface area contributed by atoms with E-state index in [4.69, 9.17) is 4.74 Å². The number of hydrogen-bond acceptors (Lipinski definition) is 1. The third-order valence-corrected chi connectivity index (χ3v) is 3.57. The Morgan fingerprint density at radius 1 is 1.57 bits per heavy atom. The first-order chi connectivity index (χ1) is 6.61. The van der Waals surface area contributed by atoms with Crippen molar-refractivity contribution in [2.75, 3.05) is 13.0 Å². The largest absolute Gasteiger partial charge is 0.493 e. The van der Waals surface area contributed by atoms with Crippen LogP contribution in [-0.2, 0) is 4.74 Å². The molecule has 0 fully saturated rings. The zero-order valence-corrected chi connectivity index (χ0v) is 10.6. The molecule has 0 aromatic heterocycles. The second kappa shape index (κ2) is 4.98. The highest BCUT2D eigenvalue weighted by molar-refractivity contribution is 7.36. The fraction of sp³-hybridized carbons (Fsp3) is 0.667. The minimum Gasteiger partial charge on any atom is -0.493 e. The summed E-state index contributed by atoms with van der Waals surface area (Å²) in [6.45, 7) is 9.01. The van der Waals surface area contributed by atoms with E-state index in [0.717, 1.165) is 21.3 Å². The first-order valence-electron chi connectivity index (χ1n) is 5.26. The van der Waals surface area contributed by atoms with Crippen LogP contribution in [0.4, 0.5) is 0 Å². The molecule has 0 aromatic carbocycles. The minimum atomic E-state index is 0.203. The van der Waals surface area contributed by atoms with Gasteiger partial charge in [0.2, 0.25) is 0 Å². The summed E-state index contributed by atoms with van der Waals surface area (Å²) in [5.41, 5.74) is 0.203. The van der Waals surface area contributed by atoms with Crippen LogP contribution in [0, 0.1) is 11.3 Å². The molecule has 2 atom stereocenters. The van der Waals surface area contributed by atoms with E-state index in [1.54, 1.807) is 0 Å². The lowest BCUT2D eigenvalue weighted by atomic mass is 9.73. The van der Waals surface area contributed by atoms with Gasteiger partial charge < -0.3 is 4.74 Å². The summed E-state index contributed by atoms with van der Waals surface area (Å²) in [5, 5.41) is 0. The van der Waals surface area contributed by atoms with E-state index in [1.807, 2.05) is 0 Å². The smallest absolute Gasteiger partial charge is 0.103 e. The lowest BCUT2D eigenvalue weighted by Gasteiger charge is -2.36. The molecule has 0 bridgehead atoms. The molecule has 0 aliphatic heterocycles. The van der Waals surface area contributed by atoms with Crippen LogP contribution in [0.15, 0.2) is 24.0 Å². The van der Waals surface area contributed by atoms with E-state index < -0.39 is 0 Å². The van der Waals surface area contributed by atoms with E-state index in [0.29, 0.717) is 5.92 Å². The summed E-state index contributed by atoms with van der Waals surface area (Å²) in [4.78, 5) is 0. The highest BCUT2D eigenvalue weighted by Crippen LogP contribution is 2.42. The summed E-state index contributed by atoms with van der Waals surface area (Å²) in [6, 6.07) is 0. The summed E-state index contributed by atoms with van der Waals surface area (Å²) in [5.74, 6) is 1.79. The van der Waals surface area contributed by atoms with Crippen LogP contribution in [0.5, 0.6) is 0 Å². The van der Waals surface area contributed by atoms with Crippen LogP contribution in [0.3, 0.4) is 0 Å². The maximum atomic E-state index is 5.83. The van der Waals surface area contributed by atoms with Gasteiger partial charge in [0.15, 0.2) is 0 Å². The SMILES string of the molecule is CPCOC1=CC=CCC1(C)C(C)C. The standard InChI is InChI=1S/C12H21OP/c1-10(2)12(3)8-6-5-7-11(12)13-9-14-4/h5-7,10,14H,8-9H2,1-4H3. The number of hydrogen-bond donors (Lipinski definition) is 0. The summed E-state index contributed by atoms with van der Waals surface area (Å²) >= 11 is 0. The Hall–Kier alpha value is -0.290. The second-order valence-corrected chi connectivity index (χ2v) is 5.37. The van der Waals surface area contributed by atoms with Crippen molar-refractivity contribution in [3.63, 3.8) is 0 Å². The average molecular weight is 212 g/mol. The fourth-order valence-corrected chi connectivity index (χ4v) is 1.94. The van der Waals surface area contributed by atoms with Crippen LogP contribution < -0.4 is 0 Å². The van der Waals surface area contributed by atoms with Crippen molar-refractivity contribution in [1.82, 2.24) is 0 Å². The van der Waals surface area contributed by atoms with Crippen molar-refractivity contribution in [1.29, 1.82) is 0 Å². The molecule has 0 heterocycles. The topological polar surface area (TPSA) is 9.23 Å². The molecule has 2 unspecified atom stereocenters. The molecule has 2 heteroatoms. The van der Waals surface area contributed by atoms with Gasteiger partial charge in [0.1, 0.15) is 12.1 Å². The van der Waals surface area contributed by atoms with E-state index in [9.17, 15) is 0 Å². The van der Waals surface area contributed by atoms with E-state index >= 15 is 0 Å². The van der Waals surface area contributed by atoms with Gasteiger partial charge in [0.25, 0.3) is 0 Å². The van der Waals surface area contributed by atoms with Gasteiger partial charge in [-0.15, -0.1) is 0 Å². The Kier molecular flexibility index (Phi) is 4.19. The first-order valence-corrected chi connectivity index (χ1v) is 6.96. The molecule has 80 valence electrons. The molecule has 0 aromatic rings. The van der Waals surface area contributed by atoms with Gasteiger partial charge in [-0.3, -0.25) is 0 Å². The lowest BCUT2D eigenvalue weighted by Crippen LogP contribution is -2.28. The minimum absolute atomic E-state index is 0.203. The molecule has 0 saturated heterocycles. The van der Waals surface area contributed by atoms with Crippen LogP contribution in [0.25, 0.3) is 0 Å². The Morgan fingerprint density at radius 3 is 2.86 bits per heavy atom. The number of allylic oxidation sites excluding steroid dienone is 4. The van der Waals surface area contributed by atoms with Gasteiger partial charge in [-0.2, -0.15) is 0 Å². The summed E-state index contributed by atoms with van der Waals surface area (Å²) < 4.78 is 5.83. The molecular weight excluding hydrogens is 191 g/mol. The van der Waals surface area contributed by atoms with Crippen molar-refractivity contribution in [2.45, 2.75) is 27.2 Å². The van der Waals surface area contributed by atoms with Crippen LogP contribution in [0.2, 0.25) is 0 Å². The Balaban J connectivity index is 2.75. The van der Waals surface area contributed by atoms with Crippen molar-refractivity contribution in [2.24, 2.45) is 11.3 Å². The van der Waals surface area contributed by atoms with Gasteiger partial charge in [0, 0.05) is 5.41 Å². The zero-order valence-electron chi connectivity index (χ0n) is 9.63. The molecule has 1 nitrogen and oxygen atoms in total. The normalized spacial score (nSPS) is 27.4. The van der Waals surface area contributed by atoms with Crippen molar-refractivity contribution in [3.8, 4) is 0 Å².